The van der Waals surface area contributed by atoms with Gasteiger partial charge in [0, 0.05) is 23.5 Å². The summed E-state index contributed by atoms with van der Waals surface area (Å²) in [7, 11) is 0. The molecule has 0 aromatic heterocycles. The number of anilines is 1. The molecule has 4 N–H and O–H groups in total. The number of halogens is 1. The Labute approximate surface area is 109 Å². The van der Waals surface area contributed by atoms with Gasteiger partial charge in [-0.2, -0.15) is 0 Å². The van der Waals surface area contributed by atoms with E-state index in [2.05, 4.69) is 4.99 Å². The van der Waals surface area contributed by atoms with Gasteiger partial charge in [-0.15, -0.1) is 0 Å². The summed E-state index contributed by atoms with van der Waals surface area (Å²) in [6.07, 6.45) is 1.37. The molecule has 0 heterocycles. The number of aliphatic imine (C=N–C) groups is 1. The molecular weight excluding hydrogens is 247 g/mol. The second kappa shape index (κ2) is 4.97. The van der Waals surface area contributed by atoms with E-state index >= 15 is 0 Å². The number of rotatable bonds is 2. The molecule has 0 bridgehead atoms. The highest BCUT2D eigenvalue weighted by Crippen LogP contribution is 2.25. The van der Waals surface area contributed by atoms with Gasteiger partial charge in [-0.1, -0.05) is 0 Å². The number of nitrogens with zero attached hydrogens (tertiary/aromatic N) is 1. The predicted molar refractivity (Wildman–Crippen MR) is 72.6 cm³/mol. The molecule has 0 fully saturated rings. The minimum absolute atomic E-state index is 0.0688. The zero-order valence-electron chi connectivity index (χ0n) is 10.3. The topological polar surface area (TPSA) is 78.8 Å². The van der Waals surface area contributed by atoms with E-state index in [9.17, 15) is 9.50 Å². The van der Waals surface area contributed by atoms with Gasteiger partial charge in [0.25, 0.3) is 0 Å². The lowest BCUT2D eigenvalue weighted by Crippen LogP contribution is -1.96. The number of hydrogen-bond acceptors (Lipinski definition) is 4. The third-order valence-corrected chi connectivity index (χ3v) is 2.68. The third-order valence-electron chi connectivity index (χ3n) is 2.68. The van der Waals surface area contributed by atoms with Crippen molar-refractivity contribution in [3.05, 3.63) is 47.3 Å². The summed E-state index contributed by atoms with van der Waals surface area (Å²) < 4.78 is 13.5. The van der Waals surface area contributed by atoms with E-state index in [1.54, 1.807) is 6.92 Å². The van der Waals surface area contributed by atoms with Crippen LogP contribution in [0.4, 0.5) is 15.8 Å². The molecule has 2 rings (SSSR count). The van der Waals surface area contributed by atoms with Gasteiger partial charge in [0.1, 0.15) is 11.5 Å². The molecule has 0 aliphatic rings. The van der Waals surface area contributed by atoms with E-state index in [4.69, 9.17) is 10.8 Å². The van der Waals surface area contributed by atoms with Crippen molar-refractivity contribution in [3.8, 4) is 11.5 Å². The van der Waals surface area contributed by atoms with Gasteiger partial charge in [0.05, 0.1) is 5.69 Å². The standard InChI is InChI=1S/C14H13FN2O2/c1-8-4-11(19)5-9(14(8)16)7-17-13-3-2-10(18)6-12(13)15/h2-7,18-19H,16H2,1H3. The molecule has 0 amide bonds. The van der Waals surface area contributed by atoms with E-state index in [0.717, 1.165) is 6.07 Å². The van der Waals surface area contributed by atoms with E-state index in [1.165, 1.54) is 30.5 Å². The van der Waals surface area contributed by atoms with Crippen LogP contribution >= 0.6 is 0 Å². The average Bonchev–Trinajstić information content (AvgIpc) is 2.33. The van der Waals surface area contributed by atoms with Crippen LogP contribution in [0.2, 0.25) is 0 Å². The van der Waals surface area contributed by atoms with Crippen LogP contribution in [0.15, 0.2) is 35.3 Å². The Kier molecular flexibility index (Phi) is 3.37. The second-order valence-electron chi connectivity index (χ2n) is 4.16. The summed E-state index contributed by atoms with van der Waals surface area (Å²) in [5.74, 6) is -0.727. The number of nitrogen functional groups attached to an aromatic ring is 1. The zero-order valence-corrected chi connectivity index (χ0v) is 10.3. The van der Waals surface area contributed by atoms with Crippen molar-refractivity contribution in [2.45, 2.75) is 6.92 Å². The van der Waals surface area contributed by atoms with Gasteiger partial charge in [-0.25, -0.2) is 4.39 Å². The Morgan fingerprint density at radius 3 is 2.58 bits per heavy atom. The molecule has 0 unspecified atom stereocenters. The minimum atomic E-state index is -0.633. The Bertz CT molecular complexity index is 654. The quantitative estimate of drug-likeness (QED) is 0.441. The smallest absolute Gasteiger partial charge is 0.152 e. The third kappa shape index (κ3) is 2.82. The van der Waals surface area contributed by atoms with Crippen molar-refractivity contribution < 1.29 is 14.6 Å². The SMILES string of the molecule is Cc1cc(O)cc(C=Nc2ccc(O)cc2F)c1N. The molecule has 98 valence electrons. The van der Waals surface area contributed by atoms with Crippen molar-refractivity contribution in [3.63, 3.8) is 0 Å². The Morgan fingerprint density at radius 1 is 1.16 bits per heavy atom. The molecule has 0 spiro atoms. The Hall–Kier alpha value is -2.56. The van der Waals surface area contributed by atoms with Crippen LogP contribution in [0.3, 0.4) is 0 Å². The number of nitrogens with two attached hydrogens (primary N) is 1. The molecule has 0 saturated carbocycles. The van der Waals surface area contributed by atoms with Crippen LogP contribution in [-0.4, -0.2) is 16.4 Å². The lowest BCUT2D eigenvalue weighted by atomic mass is 10.1. The van der Waals surface area contributed by atoms with Crippen molar-refractivity contribution in [1.82, 2.24) is 0 Å². The van der Waals surface area contributed by atoms with Gasteiger partial charge in [0.15, 0.2) is 5.82 Å². The summed E-state index contributed by atoms with van der Waals surface area (Å²) in [5.41, 5.74) is 7.62. The highest BCUT2D eigenvalue weighted by Gasteiger charge is 2.04. The normalized spacial score (nSPS) is 11.1. The first-order valence-corrected chi connectivity index (χ1v) is 5.59. The van der Waals surface area contributed by atoms with Gasteiger partial charge >= 0.3 is 0 Å². The van der Waals surface area contributed by atoms with Crippen LogP contribution in [0.25, 0.3) is 0 Å². The fraction of sp³-hybridized carbons (Fsp3) is 0.0714. The van der Waals surface area contributed by atoms with E-state index < -0.39 is 5.82 Å². The first-order chi connectivity index (χ1) is 8.97. The Balaban J connectivity index is 2.38. The molecule has 5 heteroatoms. The van der Waals surface area contributed by atoms with Crippen molar-refractivity contribution in [2.75, 3.05) is 5.73 Å². The predicted octanol–water partition coefficient (Wildman–Crippen LogP) is 2.88. The molecule has 4 nitrogen and oxygen atoms in total. The van der Waals surface area contributed by atoms with Crippen molar-refractivity contribution in [2.24, 2.45) is 4.99 Å². The molecule has 2 aromatic rings. The van der Waals surface area contributed by atoms with Gasteiger partial charge in [-0.3, -0.25) is 4.99 Å². The van der Waals surface area contributed by atoms with Gasteiger partial charge in [0.2, 0.25) is 0 Å². The average molecular weight is 260 g/mol. The number of aryl methyl sites for hydroxylation is 1. The highest BCUT2D eigenvalue weighted by atomic mass is 19.1. The summed E-state index contributed by atoms with van der Waals surface area (Å²) in [6, 6.07) is 6.65. The molecule has 2 aromatic carbocycles. The van der Waals surface area contributed by atoms with Crippen molar-refractivity contribution >= 4 is 17.6 Å². The molecule has 0 aliphatic heterocycles. The molecule has 0 atom stereocenters. The molecular formula is C14H13FN2O2. The molecule has 0 aliphatic carbocycles. The van der Waals surface area contributed by atoms with E-state index in [-0.39, 0.29) is 17.2 Å². The summed E-state index contributed by atoms with van der Waals surface area (Å²) in [5, 5.41) is 18.6. The Morgan fingerprint density at radius 2 is 1.89 bits per heavy atom. The molecule has 0 radical (unpaired) electrons. The minimum Gasteiger partial charge on any atom is -0.508 e. The number of benzene rings is 2. The van der Waals surface area contributed by atoms with E-state index in [0.29, 0.717) is 16.8 Å². The summed E-state index contributed by atoms with van der Waals surface area (Å²) in [6.45, 7) is 1.76. The lowest BCUT2D eigenvalue weighted by molar-refractivity contribution is 0.469. The van der Waals surface area contributed by atoms with Gasteiger partial charge in [-0.05, 0) is 36.8 Å². The summed E-state index contributed by atoms with van der Waals surface area (Å²) >= 11 is 0. The van der Waals surface area contributed by atoms with E-state index in [1.807, 2.05) is 0 Å². The maximum absolute atomic E-state index is 13.5. The van der Waals surface area contributed by atoms with Crippen LogP contribution in [0.1, 0.15) is 11.1 Å². The van der Waals surface area contributed by atoms with Crippen molar-refractivity contribution in [1.29, 1.82) is 0 Å². The van der Waals surface area contributed by atoms with Crippen LogP contribution in [-0.2, 0) is 0 Å². The fourth-order valence-corrected chi connectivity index (χ4v) is 1.65. The number of hydrogen-bond donors (Lipinski definition) is 3. The first-order valence-electron chi connectivity index (χ1n) is 5.59. The molecule has 19 heavy (non-hydrogen) atoms. The van der Waals surface area contributed by atoms with Gasteiger partial charge < -0.3 is 15.9 Å². The fourth-order valence-electron chi connectivity index (χ4n) is 1.65. The maximum atomic E-state index is 13.5. The lowest BCUT2D eigenvalue weighted by Gasteiger charge is -2.05. The zero-order chi connectivity index (χ0) is 14.0. The van der Waals surface area contributed by atoms with Crippen LogP contribution in [0.5, 0.6) is 11.5 Å². The number of aromatic hydroxyl groups is 2. The van der Waals surface area contributed by atoms with Crippen LogP contribution in [0, 0.1) is 12.7 Å². The monoisotopic (exact) mass is 260 g/mol. The maximum Gasteiger partial charge on any atom is 0.152 e. The number of phenols is 2. The second-order valence-corrected chi connectivity index (χ2v) is 4.16. The summed E-state index contributed by atoms with van der Waals surface area (Å²) in [4.78, 5) is 3.96. The highest BCUT2D eigenvalue weighted by molar-refractivity contribution is 5.90. The largest absolute Gasteiger partial charge is 0.508 e. The number of phenolic OH excluding ortho intramolecular Hbond substituents is 2. The van der Waals surface area contributed by atoms with Crippen LogP contribution < -0.4 is 5.73 Å². The first kappa shape index (κ1) is 12.9. The molecule has 0 saturated heterocycles.